The zero-order chi connectivity index (χ0) is 24.8. The number of methoxy groups -OCH3 is 2. The number of fused-ring (bicyclic) bond motifs is 9. The van der Waals surface area contributed by atoms with Crippen LogP contribution in [-0.2, 0) is 14.4 Å². The van der Waals surface area contributed by atoms with Crippen molar-refractivity contribution in [3.63, 3.8) is 0 Å². The highest BCUT2D eigenvalue weighted by atomic mass is 32.2. The first kappa shape index (κ1) is 22.5. The summed E-state index contributed by atoms with van der Waals surface area (Å²) in [6.45, 7) is -0.622. The summed E-state index contributed by atoms with van der Waals surface area (Å²) in [6, 6.07) is 3.46. The third-order valence-corrected chi connectivity index (χ3v) is 10.6. The predicted octanol–water partition coefficient (Wildman–Crippen LogP) is 1.72. The molecular weight excluding hydrogens is 496 g/mol. The number of aromatic nitrogens is 1. The average molecular weight is 519 g/mol. The lowest BCUT2D eigenvalue weighted by Gasteiger charge is -2.43. The van der Waals surface area contributed by atoms with E-state index in [1.165, 1.54) is 14.2 Å². The summed E-state index contributed by atoms with van der Waals surface area (Å²) in [5, 5.41) is 20.4. The summed E-state index contributed by atoms with van der Waals surface area (Å²) in [5.74, 6) is -3.36. The molecule has 2 amide bonds. The standard InChI is InChI=1S/C23H22N2O8S2/c1-32-10-3-7(4-11(33-2)17(10)28)13-14-8-5-9(18(14)34-20-19(13)35-23(31)24-20)16-15(8)21(29)25(22(16)30)6-12(26)27/h3-4,8-9,13-16,18,28H,5-6H2,1-2H3,(H,24,31)(H,26,27)/t8-,9+,13-,14+,15+,16+,18-/m1/s1. The first-order valence-electron chi connectivity index (χ1n) is 11.2. The van der Waals surface area contributed by atoms with Gasteiger partial charge in [0.2, 0.25) is 17.6 Å². The minimum atomic E-state index is -1.22. The van der Waals surface area contributed by atoms with Gasteiger partial charge in [-0.2, -0.15) is 0 Å². The number of hydrogen-bond donors (Lipinski definition) is 3. The molecule has 35 heavy (non-hydrogen) atoms. The number of carbonyl (C=O) groups is 3. The maximum Gasteiger partial charge on any atom is 0.323 e. The molecule has 0 unspecified atom stereocenters. The van der Waals surface area contributed by atoms with Gasteiger partial charge in [0, 0.05) is 16.0 Å². The topological polar surface area (TPSA) is 146 Å². The van der Waals surface area contributed by atoms with E-state index in [1.54, 1.807) is 23.9 Å². The number of phenolic OH excluding ortho intramolecular Hbond substituents is 1. The number of nitrogens with zero attached hydrogens (tertiary/aromatic N) is 1. The van der Waals surface area contributed by atoms with Crippen molar-refractivity contribution >= 4 is 40.9 Å². The van der Waals surface area contributed by atoms with Gasteiger partial charge in [0.15, 0.2) is 11.5 Å². The molecule has 2 aliphatic carbocycles. The zero-order valence-electron chi connectivity index (χ0n) is 18.7. The highest BCUT2D eigenvalue weighted by Crippen LogP contribution is 2.68. The van der Waals surface area contributed by atoms with E-state index in [0.717, 1.165) is 31.7 Å². The number of ether oxygens (including phenoxy) is 2. The summed E-state index contributed by atoms with van der Waals surface area (Å²) >= 11 is 2.66. The van der Waals surface area contributed by atoms with Crippen molar-refractivity contribution in [3.8, 4) is 17.2 Å². The van der Waals surface area contributed by atoms with E-state index in [0.29, 0.717) is 6.42 Å². The molecule has 2 bridgehead atoms. The van der Waals surface area contributed by atoms with Crippen LogP contribution >= 0.6 is 23.1 Å². The third-order valence-electron chi connectivity index (χ3n) is 7.97. The Kier molecular flexibility index (Phi) is 4.98. The number of aromatic amines is 1. The molecule has 0 spiro atoms. The van der Waals surface area contributed by atoms with Crippen molar-refractivity contribution in [3.05, 3.63) is 32.2 Å². The maximum atomic E-state index is 13.2. The molecule has 3 fully saturated rings. The summed E-state index contributed by atoms with van der Waals surface area (Å²) in [5.41, 5.74) is 0.784. The van der Waals surface area contributed by atoms with Crippen molar-refractivity contribution in [1.82, 2.24) is 9.88 Å². The first-order chi connectivity index (χ1) is 16.7. The SMILES string of the molecule is COc1cc([C@H]2c3sc(=O)[nH]c3S[C@@H]3[C@H]4C[C@@H]([C@@H]5C(=O)N(CC(=O)O)C(=O)[C@@H]45)[C@@H]23)cc(OC)c1O. The highest BCUT2D eigenvalue weighted by molar-refractivity contribution is 8.00. The fourth-order valence-corrected chi connectivity index (χ4v) is 9.73. The number of thiazole rings is 1. The van der Waals surface area contributed by atoms with E-state index in [1.807, 2.05) is 0 Å². The highest BCUT2D eigenvalue weighted by Gasteiger charge is 2.69. The van der Waals surface area contributed by atoms with E-state index in [4.69, 9.17) is 9.47 Å². The normalized spacial score (nSPS) is 32.4. The maximum absolute atomic E-state index is 13.2. The van der Waals surface area contributed by atoms with Crippen LogP contribution in [0.3, 0.4) is 0 Å². The van der Waals surface area contributed by atoms with Crippen LogP contribution in [0.4, 0.5) is 0 Å². The van der Waals surface area contributed by atoms with Gasteiger partial charge in [0.1, 0.15) is 6.54 Å². The van der Waals surface area contributed by atoms with Gasteiger partial charge >= 0.3 is 10.8 Å². The summed E-state index contributed by atoms with van der Waals surface area (Å²) in [7, 11) is 2.89. The molecule has 1 saturated heterocycles. The van der Waals surface area contributed by atoms with Crippen molar-refractivity contribution in [2.45, 2.75) is 22.6 Å². The van der Waals surface area contributed by atoms with Crippen LogP contribution in [0.1, 0.15) is 22.8 Å². The molecule has 2 aliphatic heterocycles. The molecule has 3 heterocycles. The van der Waals surface area contributed by atoms with Crippen LogP contribution < -0.4 is 14.3 Å². The summed E-state index contributed by atoms with van der Waals surface area (Å²) in [6.07, 6.45) is 0.693. The second-order valence-corrected chi connectivity index (χ2v) is 11.6. The number of carboxylic acids is 1. The molecule has 3 N–H and O–H groups in total. The Morgan fingerprint density at radius 1 is 1.11 bits per heavy atom. The third kappa shape index (κ3) is 3.02. The number of thioether (sulfide) groups is 1. The number of benzene rings is 1. The van der Waals surface area contributed by atoms with Crippen molar-refractivity contribution in [1.29, 1.82) is 0 Å². The monoisotopic (exact) mass is 518 g/mol. The van der Waals surface area contributed by atoms with Gasteiger partial charge < -0.3 is 24.7 Å². The van der Waals surface area contributed by atoms with E-state index in [2.05, 4.69) is 4.98 Å². The van der Waals surface area contributed by atoms with E-state index in [9.17, 15) is 29.4 Å². The Labute approximate surface area is 207 Å². The van der Waals surface area contributed by atoms with Gasteiger partial charge in [0.05, 0.1) is 31.1 Å². The Morgan fingerprint density at radius 2 is 1.74 bits per heavy atom. The van der Waals surface area contributed by atoms with Crippen LogP contribution in [-0.4, -0.2) is 63.9 Å². The lowest BCUT2D eigenvalue weighted by atomic mass is 9.68. The molecule has 7 atom stereocenters. The minimum Gasteiger partial charge on any atom is -0.502 e. The summed E-state index contributed by atoms with van der Waals surface area (Å²) in [4.78, 5) is 54.5. The largest absolute Gasteiger partial charge is 0.502 e. The van der Waals surface area contributed by atoms with Crippen LogP contribution in [0.25, 0.3) is 0 Å². The van der Waals surface area contributed by atoms with Gasteiger partial charge in [-0.25, -0.2) is 0 Å². The fraction of sp³-hybridized carbons (Fsp3) is 0.478. The van der Waals surface area contributed by atoms with Crippen LogP contribution in [0.15, 0.2) is 22.0 Å². The molecule has 184 valence electrons. The predicted molar refractivity (Wildman–Crippen MR) is 124 cm³/mol. The number of H-pyrrole nitrogens is 1. The lowest BCUT2D eigenvalue weighted by molar-refractivity contribution is -0.149. The second-order valence-electron chi connectivity index (χ2n) is 9.39. The van der Waals surface area contributed by atoms with Crippen LogP contribution in [0.2, 0.25) is 0 Å². The number of carboxylic acid groups (broad SMARTS) is 1. The van der Waals surface area contributed by atoms with Gasteiger partial charge in [-0.05, 0) is 41.9 Å². The molecule has 6 rings (SSSR count). The van der Waals surface area contributed by atoms with Crippen LogP contribution in [0.5, 0.6) is 17.2 Å². The molecule has 0 radical (unpaired) electrons. The van der Waals surface area contributed by atoms with Gasteiger partial charge in [-0.15, -0.1) is 11.8 Å². The van der Waals surface area contributed by atoms with Gasteiger partial charge in [-0.3, -0.25) is 24.1 Å². The Balaban J connectivity index is 1.48. The molecule has 2 saturated carbocycles. The van der Waals surface area contributed by atoms with Gasteiger partial charge in [-0.1, -0.05) is 11.3 Å². The fourth-order valence-electron chi connectivity index (χ4n) is 6.84. The summed E-state index contributed by atoms with van der Waals surface area (Å²) < 4.78 is 10.7. The number of amides is 2. The van der Waals surface area contributed by atoms with E-state index >= 15 is 0 Å². The molecular formula is C23H22N2O8S2. The number of rotatable bonds is 5. The molecule has 10 nitrogen and oxygen atoms in total. The van der Waals surface area contributed by atoms with Crippen LogP contribution in [0, 0.1) is 29.6 Å². The number of carbonyl (C=O) groups excluding carboxylic acids is 2. The number of imide groups is 1. The quantitative estimate of drug-likeness (QED) is 0.504. The van der Waals surface area contributed by atoms with E-state index in [-0.39, 0.29) is 51.0 Å². The van der Waals surface area contributed by atoms with Gasteiger partial charge in [0.25, 0.3) is 0 Å². The number of aliphatic carboxylic acids is 1. The molecule has 1 aromatic heterocycles. The Bertz CT molecular complexity index is 1310. The first-order valence-corrected chi connectivity index (χ1v) is 12.9. The average Bonchev–Trinajstić information content (AvgIpc) is 3.55. The molecule has 2 aromatic rings. The van der Waals surface area contributed by atoms with Crippen molar-refractivity contribution < 1.29 is 34.1 Å². The lowest BCUT2D eigenvalue weighted by Crippen LogP contribution is -2.42. The smallest absolute Gasteiger partial charge is 0.323 e. The molecule has 1 aromatic carbocycles. The van der Waals surface area contributed by atoms with Crippen molar-refractivity contribution in [2.75, 3.05) is 20.8 Å². The number of aromatic hydroxyl groups is 1. The van der Waals surface area contributed by atoms with E-state index < -0.39 is 36.2 Å². The molecule has 4 aliphatic rings. The minimum absolute atomic E-state index is 0.0312. The molecule has 12 heteroatoms. The second kappa shape index (κ2) is 7.76. The van der Waals surface area contributed by atoms with Crippen molar-refractivity contribution in [2.24, 2.45) is 29.6 Å². The Morgan fingerprint density at radius 3 is 2.34 bits per heavy atom. The zero-order valence-corrected chi connectivity index (χ0v) is 20.4. The number of hydrogen-bond acceptors (Lipinski definition) is 9. The number of likely N-dealkylation sites (tertiary alicyclic amines) is 1. The number of nitrogens with one attached hydrogen (secondary N) is 1. The number of phenols is 1. The Hall–Kier alpha value is -2.99.